The van der Waals surface area contributed by atoms with Crippen LogP contribution in [0.5, 0.6) is 0 Å². The summed E-state index contributed by atoms with van der Waals surface area (Å²) >= 11 is 6.02. The summed E-state index contributed by atoms with van der Waals surface area (Å²) in [5.41, 5.74) is 7.11. The number of carbonyl (C=O) groups is 1. The third kappa shape index (κ3) is 4.64. The monoisotopic (exact) mass is 502 g/mol. The summed E-state index contributed by atoms with van der Waals surface area (Å²) < 4.78 is 30.4. The smallest absolute Gasteiger partial charge is 0.338 e. The lowest BCUT2D eigenvalue weighted by Gasteiger charge is -2.09. The van der Waals surface area contributed by atoms with E-state index in [0.717, 1.165) is 0 Å². The molecule has 2 aromatic heterocycles. The Kier molecular flexibility index (Phi) is 6.37. The molecule has 0 atom stereocenters. The Balaban J connectivity index is 1.82. The first-order chi connectivity index (χ1) is 16.2. The number of nitrogens with two attached hydrogens (primary N) is 1. The average Bonchev–Trinajstić information content (AvgIpc) is 3.46. The van der Waals surface area contributed by atoms with E-state index in [9.17, 15) is 18.4 Å². The van der Waals surface area contributed by atoms with Crippen molar-refractivity contribution in [1.82, 2.24) is 25.5 Å². The normalized spacial score (nSPS) is 11.5. The number of aromatic nitrogens is 4. The second kappa shape index (κ2) is 9.25. The molecule has 2 aromatic carbocycles. The van der Waals surface area contributed by atoms with E-state index >= 15 is 0 Å². The van der Waals surface area contributed by atoms with Crippen LogP contribution in [0.15, 0.2) is 57.8 Å². The highest BCUT2D eigenvalue weighted by Crippen LogP contribution is 2.37. The van der Waals surface area contributed by atoms with Crippen LogP contribution in [-0.2, 0) is 16.4 Å². The number of urea groups is 1. The molecule has 4 aromatic rings. The molecule has 0 aliphatic rings. The highest BCUT2D eigenvalue weighted by atomic mass is 35.5. The van der Waals surface area contributed by atoms with E-state index in [-0.39, 0.29) is 39.5 Å². The third-order valence-electron chi connectivity index (χ3n) is 4.98. The third-order valence-corrected chi connectivity index (χ3v) is 6.98. The van der Waals surface area contributed by atoms with Crippen LogP contribution in [0.25, 0.3) is 34.2 Å². The van der Waals surface area contributed by atoms with E-state index in [4.69, 9.17) is 21.8 Å². The number of hydroxylamine groups is 2. The number of amides is 2. The first kappa shape index (κ1) is 23.4. The minimum atomic E-state index is -3.37. The number of nitrogens with zero attached hydrogens (tertiary/aromatic N) is 4. The number of oxazole rings is 1. The lowest BCUT2D eigenvalue weighted by Crippen LogP contribution is -2.32. The predicted octanol–water partition coefficient (Wildman–Crippen LogP) is 3.51. The second-order valence-corrected chi connectivity index (χ2v) is 9.86. The Morgan fingerprint density at radius 2 is 1.74 bits per heavy atom. The van der Waals surface area contributed by atoms with Gasteiger partial charge in [0.05, 0.1) is 17.2 Å². The number of halogens is 1. The number of sulfone groups is 1. The van der Waals surface area contributed by atoms with Crippen molar-refractivity contribution < 1.29 is 22.8 Å². The van der Waals surface area contributed by atoms with Gasteiger partial charge in [0.1, 0.15) is 11.4 Å². The molecule has 2 heterocycles. The van der Waals surface area contributed by atoms with E-state index in [1.54, 1.807) is 43.3 Å². The Hall–Kier alpha value is -3.74. The first-order valence-electron chi connectivity index (χ1n) is 9.95. The summed E-state index contributed by atoms with van der Waals surface area (Å²) in [7, 11) is -3.37. The molecule has 2 amide bonds. The molecular formula is C21H19ClN6O5S. The molecule has 0 aliphatic heterocycles. The number of carbonyl (C=O) groups excluding carboxylic acids is 1. The van der Waals surface area contributed by atoms with Crippen molar-refractivity contribution >= 4 is 27.5 Å². The summed E-state index contributed by atoms with van der Waals surface area (Å²) in [6, 6.07) is 12.1. The molecule has 13 heteroatoms. The fraction of sp³-hybridized carbons (Fsp3) is 0.143. The van der Waals surface area contributed by atoms with Gasteiger partial charge in [0.2, 0.25) is 5.89 Å². The van der Waals surface area contributed by atoms with Crippen molar-refractivity contribution in [2.24, 2.45) is 5.73 Å². The van der Waals surface area contributed by atoms with Crippen LogP contribution in [0, 0.1) is 0 Å². The Labute approximate surface area is 199 Å². The van der Waals surface area contributed by atoms with Gasteiger partial charge in [-0.1, -0.05) is 30.7 Å². The molecule has 34 heavy (non-hydrogen) atoms. The number of primary amides is 1. The summed E-state index contributed by atoms with van der Waals surface area (Å²) in [5.74, 6) is 0.394. The lowest BCUT2D eigenvalue weighted by molar-refractivity contribution is -0.0478. The van der Waals surface area contributed by atoms with Gasteiger partial charge in [-0.15, -0.1) is 0 Å². The highest BCUT2D eigenvalue weighted by Gasteiger charge is 2.24. The van der Waals surface area contributed by atoms with E-state index < -0.39 is 15.9 Å². The maximum Gasteiger partial charge on any atom is 0.338 e. The average molecular weight is 503 g/mol. The molecule has 0 fully saturated rings. The van der Waals surface area contributed by atoms with Gasteiger partial charge in [0.25, 0.3) is 0 Å². The zero-order valence-corrected chi connectivity index (χ0v) is 19.3. The Morgan fingerprint density at radius 1 is 1.09 bits per heavy atom. The molecule has 11 nitrogen and oxygen atoms in total. The Bertz CT molecular complexity index is 1430. The van der Waals surface area contributed by atoms with Crippen molar-refractivity contribution in [3.05, 3.63) is 59.2 Å². The zero-order valence-electron chi connectivity index (χ0n) is 17.8. The van der Waals surface area contributed by atoms with Crippen LogP contribution in [-0.4, -0.2) is 50.9 Å². The lowest BCUT2D eigenvalue weighted by atomic mass is 10.1. The van der Waals surface area contributed by atoms with Crippen molar-refractivity contribution in [1.29, 1.82) is 0 Å². The molecule has 4 N–H and O–H groups in total. The van der Waals surface area contributed by atoms with Gasteiger partial charge in [-0.3, -0.25) is 5.21 Å². The van der Waals surface area contributed by atoms with Gasteiger partial charge < -0.3 is 10.2 Å². The topological polar surface area (TPSA) is 168 Å². The molecule has 4 rings (SSSR count). The Morgan fingerprint density at radius 3 is 2.35 bits per heavy atom. The van der Waals surface area contributed by atoms with Crippen LogP contribution in [0.1, 0.15) is 12.6 Å². The van der Waals surface area contributed by atoms with Crippen LogP contribution >= 0.6 is 11.6 Å². The van der Waals surface area contributed by atoms with Gasteiger partial charge in [-0.05, 0) is 36.4 Å². The van der Waals surface area contributed by atoms with Gasteiger partial charge in [-0.25, -0.2) is 23.3 Å². The number of benzene rings is 2. The zero-order chi connectivity index (χ0) is 24.5. The quantitative estimate of drug-likeness (QED) is 0.254. The molecular weight excluding hydrogens is 484 g/mol. The van der Waals surface area contributed by atoms with Crippen LogP contribution in [0.2, 0.25) is 5.02 Å². The second-order valence-electron chi connectivity index (χ2n) is 7.15. The standard InChI is InChI=1S/C21H19ClN6O5S/c1-2-34(31,32)15-9-5-13(6-10-15)19-17(12-3-7-14(22)8-4-12)24-20(33-19)18-16(25-27-26-18)11-28(30)21(23)29/h3-10,30H,2,11H2,1H3,(H2,23,29)(H,25,26,27). The highest BCUT2D eigenvalue weighted by molar-refractivity contribution is 7.91. The molecule has 0 radical (unpaired) electrons. The predicted molar refractivity (Wildman–Crippen MR) is 122 cm³/mol. The number of hydrogen-bond acceptors (Lipinski definition) is 8. The van der Waals surface area contributed by atoms with Gasteiger partial charge >= 0.3 is 6.03 Å². The molecule has 0 saturated heterocycles. The maximum atomic E-state index is 12.2. The number of H-pyrrole nitrogens is 1. The van der Waals surface area contributed by atoms with Crippen LogP contribution in [0.4, 0.5) is 4.79 Å². The van der Waals surface area contributed by atoms with Crippen molar-refractivity contribution in [2.75, 3.05) is 5.75 Å². The van der Waals surface area contributed by atoms with Crippen molar-refractivity contribution in [3.63, 3.8) is 0 Å². The molecule has 0 saturated carbocycles. The summed E-state index contributed by atoms with van der Waals surface area (Å²) in [6.07, 6.45) is 0. The minimum absolute atomic E-state index is 0.0169. The fourth-order valence-electron chi connectivity index (χ4n) is 3.15. The fourth-order valence-corrected chi connectivity index (χ4v) is 4.16. The van der Waals surface area contributed by atoms with Crippen molar-refractivity contribution in [3.8, 4) is 34.2 Å². The van der Waals surface area contributed by atoms with Crippen LogP contribution < -0.4 is 5.73 Å². The van der Waals surface area contributed by atoms with Gasteiger partial charge in [-0.2, -0.15) is 15.4 Å². The minimum Gasteiger partial charge on any atom is -0.434 e. The number of rotatable bonds is 7. The summed E-state index contributed by atoms with van der Waals surface area (Å²) in [4.78, 5) is 16.0. The van der Waals surface area contributed by atoms with Gasteiger partial charge in [0, 0.05) is 16.1 Å². The molecule has 0 aliphatic carbocycles. The summed E-state index contributed by atoms with van der Waals surface area (Å²) in [5, 5.41) is 20.9. The molecule has 0 unspecified atom stereocenters. The maximum absolute atomic E-state index is 12.2. The molecule has 0 bridgehead atoms. The number of hydrogen-bond donors (Lipinski definition) is 3. The summed E-state index contributed by atoms with van der Waals surface area (Å²) in [6.45, 7) is 1.23. The SMILES string of the molecule is CCS(=O)(=O)c1ccc(-c2oc(-c3n[nH]nc3CN(O)C(N)=O)nc2-c2ccc(Cl)cc2)cc1. The van der Waals surface area contributed by atoms with Crippen LogP contribution in [0.3, 0.4) is 0 Å². The molecule has 0 spiro atoms. The number of aromatic amines is 1. The van der Waals surface area contributed by atoms with Crippen molar-refractivity contribution in [2.45, 2.75) is 18.4 Å². The van der Waals surface area contributed by atoms with E-state index in [1.165, 1.54) is 12.1 Å². The van der Waals surface area contributed by atoms with E-state index in [2.05, 4.69) is 20.4 Å². The van der Waals surface area contributed by atoms with Gasteiger partial charge in [0.15, 0.2) is 21.3 Å². The van der Waals surface area contributed by atoms with E-state index in [1.807, 2.05) is 0 Å². The largest absolute Gasteiger partial charge is 0.434 e. The first-order valence-corrected chi connectivity index (χ1v) is 12.0. The number of nitrogens with one attached hydrogen (secondary N) is 1. The molecule has 176 valence electrons. The van der Waals surface area contributed by atoms with E-state index in [0.29, 0.717) is 27.6 Å².